The average molecular weight is 506 g/mol. The Balaban J connectivity index is 1.73. The third-order valence-electron chi connectivity index (χ3n) is 5.75. The molecule has 36 heavy (non-hydrogen) atoms. The van der Waals surface area contributed by atoms with Gasteiger partial charge in [-0.2, -0.15) is 4.98 Å². The van der Waals surface area contributed by atoms with E-state index in [0.717, 1.165) is 22.6 Å². The second-order valence-electron chi connectivity index (χ2n) is 8.77. The fourth-order valence-corrected chi connectivity index (χ4v) is 3.96. The van der Waals surface area contributed by atoms with Crippen molar-refractivity contribution in [3.8, 4) is 28.7 Å². The van der Waals surface area contributed by atoms with Crippen molar-refractivity contribution in [2.24, 2.45) is 0 Å². The molecule has 0 atom stereocenters. The van der Waals surface area contributed by atoms with Crippen LogP contribution in [0.3, 0.4) is 0 Å². The van der Waals surface area contributed by atoms with Crippen LogP contribution in [-0.4, -0.2) is 31.6 Å². The molecule has 9 heteroatoms. The summed E-state index contributed by atoms with van der Waals surface area (Å²) in [5.41, 5.74) is 3.85. The number of aryl methyl sites for hydroxylation is 2. The molecule has 8 nitrogen and oxygen atoms in total. The first-order chi connectivity index (χ1) is 17.2. The Morgan fingerprint density at radius 2 is 1.83 bits per heavy atom. The summed E-state index contributed by atoms with van der Waals surface area (Å²) < 4.78 is 12.5. The van der Waals surface area contributed by atoms with Crippen molar-refractivity contribution in [3.63, 3.8) is 0 Å². The normalized spacial score (nSPS) is 11.1. The van der Waals surface area contributed by atoms with Crippen molar-refractivity contribution in [2.45, 2.75) is 47.1 Å². The monoisotopic (exact) mass is 505 g/mol. The van der Waals surface area contributed by atoms with Crippen molar-refractivity contribution in [1.82, 2.24) is 24.5 Å². The summed E-state index contributed by atoms with van der Waals surface area (Å²) >= 11 is 6.57. The molecular weight excluding hydrogens is 478 g/mol. The maximum Gasteiger partial charge on any atom is 0.264 e. The molecule has 4 aromatic rings. The minimum absolute atomic E-state index is 0.148. The SMILES string of the molecule is COc1cccc(COc2nc(C)n(-c3cc(-c4nc(C(C)C)ncc4C)ccc3Cl)c(=O)c2C)n1. The summed E-state index contributed by atoms with van der Waals surface area (Å²) in [6.45, 7) is 9.63. The summed E-state index contributed by atoms with van der Waals surface area (Å²) in [4.78, 5) is 31.5. The van der Waals surface area contributed by atoms with Crippen LogP contribution in [0, 0.1) is 20.8 Å². The van der Waals surface area contributed by atoms with Crippen molar-refractivity contribution in [3.05, 3.63) is 86.4 Å². The van der Waals surface area contributed by atoms with Crippen LogP contribution in [0.4, 0.5) is 0 Å². The average Bonchev–Trinajstić information content (AvgIpc) is 2.87. The molecule has 0 amide bonds. The van der Waals surface area contributed by atoms with Crippen LogP contribution in [0.15, 0.2) is 47.4 Å². The number of halogens is 1. The summed E-state index contributed by atoms with van der Waals surface area (Å²) in [7, 11) is 1.55. The van der Waals surface area contributed by atoms with Gasteiger partial charge >= 0.3 is 0 Å². The highest BCUT2D eigenvalue weighted by molar-refractivity contribution is 6.32. The molecule has 0 saturated heterocycles. The van der Waals surface area contributed by atoms with E-state index in [1.165, 1.54) is 4.57 Å². The molecule has 0 saturated carbocycles. The zero-order valence-electron chi connectivity index (χ0n) is 21.2. The number of aromatic nitrogens is 5. The van der Waals surface area contributed by atoms with Crippen molar-refractivity contribution < 1.29 is 9.47 Å². The maximum absolute atomic E-state index is 13.5. The second-order valence-corrected chi connectivity index (χ2v) is 9.18. The van der Waals surface area contributed by atoms with Gasteiger partial charge in [-0.1, -0.05) is 37.6 Å². The quantitative estimate of drug-likeness (QED) is 0.333. The van der Waals surface area contributed by atoms with Gasteiger partial charge in [0.25, 0.3) is 5.56 Å². The Morgan fingerprint density at radius 3 is 2.56 bits per heavy atom. The molecule has 0 aliphatic carbocycles. The highest BCUT2D eigenvalue weighted by Gasteiger charge is 2.18. The third-order valence-corrected chi connectivity index (χ3v) is 6.07. The van der Waals surface area contributed by atoms with Gasteiger partial charge in [-0.15, -0.1) is 0 Å². The first-order valence-corrected chi connectivity index (χ1v) is 11.9. The first-order valence-electron chi connectivity index (χ1n) is 11.6. The van der Waals surface area contributed by atoms with Crippen LogP contribution < -0.4 is 15.0 Å². The first kappa shape index (κ1) is 25.3. The molecule has 1 aromatic carbocycles. The summed E-state index contributed by atoms with van der Waals surface area (Å²) in [5, 5.41) is 0.426. The summed E-state index contributed by atoms with van der Waals surface area (Å²) in [6.07, 6.45) is 1.82. The molecule has 0 aliphatic rings. The van der Waals surface area contributed by atoms with Crippen LogP contribution in [0.5, 0.6) is 11.8 Å². The lowest BCUT2D eigenvalue weighted by molar-refractivity contribution is 0.282. The highest BCUT2D eigenvalue weighted by Crippen LogP contribution is 2.29. The number of hydrogen-bond donors (Lipinski definition) is 0. The number of rotatable bonds is 7. The zero-order chi connectivity index (χ0) is 26.0. The van der Waals surface area contributed by atoms with Crippen molar-refractivity contribution in [2.75, 3.05) is 7.11 Å². The third kappa shape index (κ3) is 5.09. The maximum atomic E-state index is 13.5. The smallest absolute Gasteiger partial charge is 0.264 e. The number of benzene rings is 1. The fraction of sp³-hybridized carbons (Fsp3) is 0.296. The molecule has 0 spiro atoms. The Morgan fingerprint density at radius 1 is 1.06 bits per heavy atom. The fourth-order valence-electron chi connectivity index (χ4n) is 3.76. The van der Waals surface area contributed by atoms with Crippen LogP contribution in [-0.2, 0) is 6.61 Å². The van der Waals surface area contributed by atoms with E-state index >= 15 is 0 Å². The molecule has 3 aromatic heterocycles. The van der Waals surface area contributed by atoms with E-state index in [1.807, 2.05) is 51.2 Å². The largest absolute Gasteiger partial charge is 0.481 e. The minimum Gasteiger partial charge on any atom is -0.481 e. The van der Waals surface area contributed by atoms with Gasteiger partial charge in [0.2, 0.25) is 11.8 Å². The Hall–Kier alpha value is -3.78. The van der Waals surface area contributed by atoms with Gasteiger partial charge in [0.15, 0.2) is 0 Å². The molecule has 186 valence electrons. The van der Waals surface area contributed by atoms with Gasteiger partial charge in [-0.3, -0.25) is 9.36 Å². The number of methoxy groups -OCH3 is 1. The second kappa shape index (κ2) is 10.5. The predicted molar refractivity (Wildman–Crippen MR) is 139 cm³/mol. The van der Waals surface area contributed by atoms with Gasteiger partial charge in [-0.25, -0.2) is 15.0 Å². The van der Waals surface area contributed by atoms with Crippen molar-refractivity contribution in [1.29, 1.82) is 0 Å². The van der Waals surface area contributed by atoms with Gasteiger partial charge in [0.1, 0.15) is 18.3 Å². The van der Waals surface area contributed by atoms with E-state index in [9.17, 15) is 4.79 Å². The van der Waals surface area contributed by atoms with E-state index in [2.05, 4.69) is 15.0 Å². The molecule has 0 unspecified atom stereocenters. The van der Waals surface area contributed by atoms with Crippen LogP contribution >= 0.6 is 11.6 Å². The number of ether oxygens (including phenoxy) is 2. The van der Waals surface area contributed by atoms with E-state index in [4.69, 9.17) is 26.1 Å². The van der Waals surface area contributed by atoms with E-state index in [-0.39, 0.29) is 24.0 Å². The Bertz CT molecular complexity index is 1480. The molecule has 0 N–H and O–H groups in total. The van der Waals surface area contributed by atoms with Gasteiger partial charge in [0, 0.05) is 23.7 Å². The molecule has 0 fully saturated rings. The van der Waals surface area contributed by atoms with Gasteiger partial charge in [0.05, 0.1) is 34.8 Å². The lowest BCUT2D eigenvalue weighted by atomic mass is 10.1. The lowest BCUT2D eigenvalue weighted by Gasteiger charge is -2.16. The van der Waals surface area contributed by atoms with Crippen LogP contribution in [0.25, 0.3) is 16.9 Å². The molecule has 0 radical (unpaired) electrons. The lowest BCUT2D eigenvalue weighted by Crippen LogP contribution is -2.25. The Kier molecular flexibility index (Phi) is 7.35. The number of pyridine rings is 1. The Labute approximate surface area is 215 Å². The highest BCUT2D eigenvalue weighted by atomic mass is 35.5. The minimum atomic E-state index is -0.266. The van der Waals surface area contributed by atoms with E-state index in [0.29, 0.717) is 33.7 Å². The standard InChI is InChI=1S/C27H28ClN5O3/c1-15(2)25-29-13-16(3)24(32-25)19-10-11-21(28)22(12-19)33-18(5)30-26(17(4)27(33)34)36-14-20-8-7-9-23(31-20)35-6/h7-13,15H,14H2,1-6H3. The van der Waals surface area contributed by atoms with E-state index in [1.54, 1.807) is 33.1 Å². The topological polar surface area (TPSA) is 92.0 Å². The molecule has 0 aliphatic heterocycles. The van der Waals surface area contributed by atoms with Crippen LogP contribution in [0.1, 0.15) is 48.2 Å². The van der Waals surface area contributed by atoms with Gasteiger partial charge < -0.3 is 9.47 Å². The summed E-state index contributed by atoms with van der Waals surface area (Å²) in [6, 6.07) is 10.9. The molecular formula is C27H28ClN5O3. The van der Waals surface area contributed by atoms with Crippen molar-refractivity contribution >= 4 is 11.6 Å². The predicted octanol–water partition coefficient (Wildman–Crippen LogP) is 5.37. The van der Waals surface area contributed by atoms with Gasteiger partial charge in [-0.05, 0) is 44.5 Å². The zero-order valence-corrected chi connectivity index (χ0v) is 21.9. The number of hydrogen-bond acceptors (Lipinski definition) is 7. The molecule has 0 bridgehead atoms. The molecule has 4 rings (SSSR count). The molecule has 3 heterocycles. The van der Waals surface area contributed by atoms with Crippen LogP contribution in [0.2, 0.25) is 5.02 Å². The van der Waals surface area contributed by atoms with E-state index < -0.39 is 0 Å². The summed E-state index contributed by atoms with van der Waals surface area (Å²) in [5.74, 6) is 2.12. The number of nitrogens with zero attached hydrogens (tertiary/aromatic N) is 5.